The lowest BCUT2D eigenvalue weighted by Gasteiger charge is -2.18. The van der Waals surface area contributed by atoms with Crippen LogP contribution in [-0.4, -0.2) is 12.1 Å². The van der Waals surface area contributed by atoms with Gasteiger partial charge in [-0.05, 0) is 31.4 Å². The molecule has 0 aliphatic carbocycles. The average Bonchev–Trinajstić information content (AvgIpc) is 2.61. The zero-order chi connectivity index (χ0) is 18.3. The van der Waals surface area contributed by atoms with Crippen LogP contribution in [0.5, 0.6) is 0 Å². The molecule has 0 aromatic heterocycles. The number of rotatable bonds is 14. The molecule has 3 heteroatoms. The lowest BCUT2D eigenvalue weighted by molar-refractivity contribution is 0.0250. The maximum Gasteiger partial charge on any atom is 0.339 e. The summed E-state index contributed by atoms with van der Waals surface area (Å²) in [5, 5.41) is 0.467. The van der Waals surface area contributed by atoms with Crippen molar-refractivity contribution in [3.8, 4) is 0 Å². The van der Waals surface area contributed by atoms with Crippen LogP contribution in [0.25, 0.3) is 0 Å². The van der Waals surface area contributed by atoms with Gasteiger partial charge in [0, 0.05) is 0 Å². The molecule has 0 N–H and O–H groups in total. The number of ether oxygens (including phenoxy) is 1. The predicted octanol–water partition coefficient (Wildman–Crippen LogP) is 7.59. The molecule has 1 aromatic carbocycles. The molecule has 1 rings (SSSR count). The molecule has 0 amide bonds. The van der Waals surface area contributed by atoms with Gasteiger partial charge in [0.25, 0.3) is 0 Å². The number of benzene rings is 1. The van der Waals surface area contributed by atoms with Gasteiger partial charge < -0.3 is 4.74 Å². The van der Waals surface area contributed by atoms with E-state index in [1.165, 1.54) is 44.9 Å². The van der Waals surface area contributed by atoms with Gasteiger partial charge >= 0.3 is 5.97 Å². The third kappa shape index (κ3) is 9.89. The van der Waals surface area contributed by atoms with Gasteiger partial charge in [-0.2, -0.15) is 0 Å². The maximum absolute atomic E-state index is 12.4. The molecule has 1 unspecified atom stereocenters. The van der Waals surface area contributed by atoms with E-state index in [9.17, 15) is 4.79 Å². The minimum absolute atomic E-state index is 0.0174. The molecule has 0 radical (unpaired) electrons. The smallest absolute Gasteiger partial charge is 0.339 e. The Morgan fingerprint density at radius 2 is 1.44 bits per heavy atom. The second-order valence-electron chi connectivity index (χ2n) is 6.91. The van der Waals surface area contributed by atoms with Gasteiger partial charge in [-0.1, -0.05) is 95.4 Å². The summed E-state index contributed by atoms with van der Waals surface area (Å²) in [5.41, 5.74) is 0.474. The van der Waals surface area contributed by atoms with Gasteiger partial charge in [-0.25, -0.2) is 4.79 Å². The van der Waals surface area contributed by atoms with Crippen LogP contribution >= 0.6 is 11.6 Å². The molecule has 0 fully saturated rings. The third-order valence-electron chi connectivity index (χ3n) is 4.63. The first-order valence-corrected chi connectivity index (χ1v) is 10.5. The standard InChI is InChI=1S/C22H35ClO2/c1-3-5-7-8-9-10-11-12-16-19(15-6-4-2)25-22(24)20-17-13-14-18-21(20)23/h13-14,17-19H,3-12,15-16H2,1-2H3. The molecule has 1 atom stereocenters. The van der Waals surface area contributed by atoms with E-state index in [0.717, 1.165) is 32.1 Å². The Balaban J connectivity index is 2.33. The van der Waals surface area contributed by atoms with Crippen LogP contribution in [0.1, 0.15) is 101 Å². The number of halogens is 1. The molecule has 0 saturated carbocycles. The molecule has 0 heterocycles. The van der Waals surface area contributed by atoms with E-state index in [1.54, 1.807) is 12.1 Å². The lowest BCUT2D eigenvalue weighted by Crippen LogP contribution is -2.18. The van der Waals surface area contributed by atoms with E-state index in [1.807, 2.05) is 12.1 Å². The highest BCUT2D eigenvalue weighted by Gasteiger charge is 2.17. The number of carbonyl (C=O) groups excluding carboxylic acids is 1. The molecule has 2 nitrogen and oxygen atoms in total. The highest BCUT2D eigenvalue weighted by Crippen LogP contribution is 2.20. The quantitative estimate of drug-likeness (QED) is 0.250. The Labute approximate surface area is 159 Å². The Kier molecular flexibility index (Phi) is 12.5. The number of hydrogen-bond donors (Lipinski definition) is 0. The van der Waals surface area contributed by atoms with Gasteiger partial charge in [0.2, 0.25) is 0 Å². The van der Waals surface area contributed by atoms with Crippen LogP contribution in [0.4, 0.5) is 0 Å². The Bertz CT molecular complexity index is 473. The number of carbonyl (C=O) groups is 1. The van der Waals surface area contributed by atoms with Gasteiger partial charge in [-0.15, -0.1) is 0 Å². The average molecular weight is 367 g/mol. The fraction of sp³-hybridized carbons (Fsp3) is 0.682. The molecule has 1 aromatic rings. The Morgan fingerprint density at radius 1 is 0.880 bits per heavy atom. The van der Waals surface area contributed by atoms with Gasteiger partial charge in [0.1, 0.15) is 6.10 Å². The van der Waals surface area contributed by atoms with Gasteiger partial charge in [0.15, 0.2) is 0 Å². The van der Waals surface area contributed by atoms with Crippen molar-refractivity contribution in [2.24, 2.45) is 0 Å². The molecule has 0 spiro atoms. The summed E-state index contributed by atoms with van der Waals surface area (Å²) in [4.78, 5) is 12.4. The van der Waals surface area contributed by atoms with Gasteiger partial charge in [-0.3, -0.25) is 0 Å². The van der Waals surface area contributed by atoms with Crippen molar-refractivity contribution < 1.29 is 9.53 Å². The van der Waals surface area contributed by atoms with E-state index in [-0.39, 0.29) is 12.1 Å². The SMILES string of the molecule is CCCCCCCCCCC(CCCC)OC(=O)c1ccccc1Cl. The molecular formula is C22H35ClO2. The molecular weight excluding hydrogens is 332 g/mol. The van der Waals surface area contributed by atoms with Crippen LogP contribution in [0.2, 0.25) is 5.02 Å². The first-order valence-electron chi connectivity index (χ1n) is 10.1. The van der Waals surface area contributed by atoms with Crippen molar-refractivity contribution in [1.29, 1.82) is 0 Å². The van der Waals surface area contributed by atoms with E-state index in [2.05, 4.69) is 13.8 Å². The molecule has 0 bridgehead atoms. The van der Waals surface area contributed by atoms with Crippen molar-refractivity contribution in [3.63, 3.8) is 0 Å². The van der Waals surface area contributed by atoms with Crippen molar-refractivity contribution in [1.82, 2.24) is 0 Å². The normalized spacial score (nSPS) is 12.1. The fourth-order valence-corrected chi connectivity index (χ4v) is 3.25. The van der Waals surface area contributed by atoms with Crippen LogP contribution in [0.15, 0.2) is 24.3 Å². The summed E-state index contributed by atoms with van der Waals surface area (Å²) in [6.07, 6.45) is 14.5. The predicted molar refractivity (Wildman–Crippen MR) is 107 cm³/mol. The van der Waals surface area contributed by atoms with E-state index in [4.69, 9.17) is 16.3 Å². The monoisotopic (exact) mass is 366 g/mol. The van der Waals surface area contributed by atoms with E-state index >= 15 is 0 Å². The Morgan fingerprint density at radius 3 is 2.08 bits per heavy atom. The summed E-state index contributed by atoms with van der Waals surface area (Å²) in [5.74, 6) is -0.286. The summed E-state index contributed by atoms with van der Waals surface area (Å²) in [6.45, 7) is 4.42. The van der Waals surface area contributed by atoms with E-state index in [0.29, 0.717) is 10.6 Å². The van der Waals surface area contributed by atoms with Gasteiger partial charge in [0.05, 0.1) is 10.6 Å². The largest absolute Gasteiger partial charge is 0.459 e. The summed E-state index contributed by atoms with van der Waals surface area (Å²) in [7, 11) is 0. The summed E-state index contributed by atoms with van der Waals surface area (Å²) >= 11 is 6.10. The molecule has 0 aliphatic rings. The first kappa shape index (κ1) is 22.0. The topological polar surface area (TPSA) is 26.3 Å². The fourth-order valence-electron chi connectivity index (χ4n) is 3.04. The Hall–Kier alpha value is -1.02. The second kappa shape index (κ2) is 14.2. The minimum Gasteiger partial charge on any atom is -0.459 e. The van der Waals surface area contributed by atoms with Crippen molar-refractivity contribution >= 4 is 17.6 Å². The number of hydrogen-bond acceptors (Lipinski definition) is 2. The second-order valence-corrected chi connectivity index (χ2v) is 7.32. The van der Waals surface area contributed by atoms with Crippen LogP contribution in [0.3, 0.4) is 0 Å². The van der Waals surface area contributed by atoms with Crippen LogP contribution in [0, 0.1) is 0 Å². The highest BCUT2D eigenvalue weighted by molar-refractivity contribution is 6.33. The number of esters is 1. The number of unbranched alkanes of at least 4 members (excludes halogenated alkanes) is 8. The van der Waals surface area contributed by atoms with Crippen LogP contribution in [-0.2, 0) is 4.74 Å². The lowest BCUT2D eigenvalue weighted by atomic mass is 10.0. The molecule has 0 saturated heterocycles. The zero-order valence-electron chi connectivity index (χ0n) is 16.1. The van der Waals surface area contributed by atoms with Crippen molar-refractivity contribution in [2.75, 3.05) is 0 Å². The minimum atomic E-state index is -0.286. The maximum atomic E-state index is 12.4. The van der Waals surface area contributed by atoms with Crippen LogP contribution < -0.4 is 0 Å². The zero-order valence-corrected chi connectivity index (χ0v) is 16.8. The highest BCUT2D eigenvalue weighted by atomic mass is 35.5. The van der Waals surface area contributed by atoms with E-state index < -0.39 is 0 Å². The molecule has 25 heavy (non-hydrogen) atoms. The van der Waals surface area contributed by atoms with Crippen molar-refractivity contribution in [3.05, 3.63) is 34.9 Å². The third-order valence-corrected chi connectivity index (χ3v) is 4.96. The first-order chi connectivity index (χ1) is 12.2. The molecule has 0 aliphatic heterocycles. The summed E-state index contributed by atoms with van der Waals surface area (Å²) < 4.78 is 5.76. The molecule has 142 valence electrons. The van der Waals surface area contributed by atoms with Crippen molar-refractivity contribution in [2.45, 2.75) is 97.0 Å². The summed E-state index contributed by atoms with van der Waals surface area (Å²) in [6, 6.07) is 7.12.